The van der Waals surface area contributed by atoms with Crippen LogP contribution >= 0.6 is 0 Å². The van der Waals surface area contributed by atoms with Crippen LogP contribution in [0.3, 0.4) is 0 Å². The van der Waals surface area contributed by atoms with Gasteiger partial charge in [-0.25, -0.2) is 4.98 Å². The van der Waals surface area contributed by atoms with Crippen molar-refractivity contribution in [2.45, 2.75) is 50.9 Å². The van der Waals surface area contributed by atoms with Gasteiger partial charge in [-0.05, 0) is 68.5 Å². The van der Waals surface area contributed by atoms with E-state index in [1.165, 1.54) is 23.0 Å². The number of aryl methyl sites for hydroxylation is 2. The molecular weight excluding hydrogens is 475 g/mol. The van der Waals surface area contributed by atoms with Crippen molar-refractivity contribution < 1.29 is 27.5 Å². The van der Waals surface area contributed by atoms with Crippen LogP contribution in [-0.2, 0) is 13.2 Å². The number of nitrogens with two attached hydrogens (primary N) is 1. The monoisotopic (exact) mass is 501 g/mol. The van der Waals surface area contributed by atoms with Crippen molar-refractivity contribution in [3.05, 3.63) is 65.1 Å². The van der Waals surface area contributed by atoms with Crippen molar-refractivity contribution in [1.82, 2.24) is 20.1 Å². The third-order valence-corrected chi connectivity index (χ3v) is 6.17. The summed E-state index contributed by atoms with van der Waals surface area (Å²) in [6.07, 6.45) is 0.560. The van der Waals surface area contributed by atoms with E-state index < -0.39 is 23.6 Å². The minimum absolute atomic E-state index is 0.0685. The number of nitrogens with one attached hydrogen (secondary N) is 1. The Balaban J connectivity index is 1.45. The molecule has 0 bridgehead atoms. The first kappa shape index (κ1) is 25.2. The number of alkyl halides is 3. The van der Waals surface area contributed by atoms with E-state index in [4.69, 9.17) is 10.5 Å². The number of amides is 2. The first-order valence-electron chi connectivity index (χ1n) is 11.5. The quantitative estimate of drug-likeness (QED) is 0.530. The van der Waals surface area contributed by atoms with Crippen LogP contribution < -0.4 is 15.8 Å². The lowest BCUT2D eigenvalue weighted by molar-refractivity contribution is -0.137. The third kappa shape index (κ3) is 5.67. The molecule has 0 radical (unpaired) electrons. The van der Waals surface area contributed by atoms with Crippen molar-refractivity contribution in [2.75, 3.05) is 0 Å². The molecule has 11 heteroatoms. The highest BCUT2D eigenvalue weighted by atomic mass is 19.4. The predicted octanol–water partition coefficient (Wildman–Crippen LogP) is 4.03. The Morgan fingerprint density at radius 3 is 2.50 bits per heavy atom. The Morgan fingerprint density at radius 2 is 1.89 bits per heavy atom. The lowest BCUT2D eigenvalue weighted by atomic mass is 9.92. The first-order chi connectivity index (χ1) is 17.0. The molecule has 8 nitrogen and oxygen atoms in total. The summed E-state index contributed by atoms with van der Waals surface area (Å²) in [6, 6.07) is 6.25. The van der Waals surface area contributed by atoms with Gasteiger partial charge in [0.1, 0.15) is 11.7 Å². The fourth-order valence-corrected chi connectivity index (χ4v) is 4.38. The molecule has 1 aromatic carbocycles. The van der Waals surface area contributed by atoms with Gasteiger partial charge >= 0.3 is 6.18 Å². The topological polar surface area (TPSA) is 112 Å². The number of benzene rings is 1. The molecular formula is C25H26F3N5O3. The normalized spacial score (nSPS) is 18.0. The second-order valence-corrected chi connectivity index (χ2v) is 8.88. The Kier molecular flexibility index (Phi) is 7.00. The summed E-state index contributed by atoms with van der Waals surface area (Å²) in [5.41, 5.74) is 5.96. The lowest BCUT2D eigenvalue weighted by Gasteiger charge is -2.29. The van der Waals surface area contributed by atoms with Gasteiger partial charge in [-0.3, -0.25) is 14.3 Å². The number of rotatable bonds is 6. The molecule has 0 spiro atoms. The number of carbonyl (C=O) groups excluding carboxylic acids is 2. The van der Waals surface area contributed by atoms with Crippen LogP contribution in [-0.4, -0.2) is 38.7 Å². The Hall–Kier alpha value is -3.89. The molecule has 0 aliphatic heterocycles. The molecule has 1 fully saturated rings. The number of hydrogen-bond acceptors (Lipinski definition) is 5. The average Bonchev–Trinajstić information content (AvgIpc) is 3.17. The molecule has 3 aromatic rings. The molecule has 36 heavy (non-hydrogen) atoms. The summed E-state index contributed by atoms with van der Waals surface area (Å²) in [5.74, 6) is -1.05. The molecule has 2 amide bonds. The number of aromatic nitrogens is 3. The number of hydrogen-bond donors (Lipinski definition) is 2. The van der Waals surface area contributed by atoms with Gasteiger partial charge in [0.15, 0.2) is 0 Å². The lowest BCUT2D eigenvalue weighted by Crippen LogP contribution is -2.40. The molecule has 190 valence electrons. The predicted molar refractivity (Wildman–Crippen MR) is 125 cm³/mol. The Bertz CT molecular complexity index is 1280. The van der Waals surface area contributed by atoms with Crippen molar-refractivity contribution in [3.63, 3.8) is 0 Å². The van der Waals surface area contributed by atoms with Crippen LogP contribution in [0.2, 0.25) is 0 Å². The zero-order valence-corrected chi connectivity index (χ0v) is 19.8. The van der Waals surface area contributed by atoms with Crippen molar-refractivity contribution in [2.24, 2.45) is 12.8 Å². The summed E-state index contributed by atoms with van der Waals surface area (Å²) in [4.78, 5) is 28.6. The zero-order valence-electron chi connectivity index (χ0n) is 19.8. The third-order valence-electron chi connectivity index (χ3n) is 6.17. The molecule has 2 heterocycles. The number of halogens is 3. The number of carbonyl (C=O) groups is 2. The highest BCUT2D eigenvalue weighted by molar-refractivity contribution is 5.96. The zero-order chi connectivity index (χ0) is 26.0. The summed E-state index contributed by atoms with van der Waals surface area (Å²) >= 11 is 0. The van der Waals surface area contributed by atoms with E-state index in [1.54, 1.807) is 26.2 Å². The molecule has 1 saturated carbocycles. The van der Waals surface area contributed by atoms with E-state index in [-0.39, 0.29) is 34.7 Å². The van der Waals surface area contributed by atoms with Gasteiger partial charge in [0.05, 0.1) is 11.3 Å². The van der Waals surface area contributed by atoms with Crippen LogP contribution in [0.25, 0.3) is 11.1 Å². The van der Waals surface area contributed by atoms with E-state index in [9.17, 15) is 22.8 Å². The summed E-state index contributed by atoms with van der Waals surface area (Å²) in [7, 11) is 1.68. The van der Waals surface area contributed by atoms with E-state index in [2.05, 4.69) is 15.4 Å². The van der Waals surface area contributed by atoms with Gasteiger partial charge < -0.3 is 15.8 Å². The van der Waals surface area contributed by atoms with Crippen molar-refractivity contribution in [3.8, 4) is 17.0 Å². The van der Waals surface area contributed by atoms with Crippen LogP contribution in [0.15, 0.2) is 42.7 Å². The molecule has 2 aromatic heterocycles. The maximum Gasteiger partial charge on any atom is 0.416 e. The van der Waals surface area contributed by atoms with Gasteiger partial charge in [0.2, 0.25) is 5.88 Å². The average molecular weight is 502 g/mol. The molecule has 4 rings (SSSR count). The van der Waals surface area contributed by atoms with Crippen LogP contribution in [0.1, 0.15) is 57.7 Å². The van der Waals surface area contributed by atoms with Crippen molar-refractivity contribution in [1.29, 1.82) is 0 Å². The largest absolute Gasteiger partial charge is 0.474 e. The minimum Gasteiger partial charge on any atom is -0.474 e. The fourth-order valence-electron chi connectivity index (χ4n) is 4.38. The van der Waals surface area contributed by atoms with E-state index >= 15 is 0 Å². The Labute approximate surface area is 205 Å². The minimum atomic E-state index is -4.61. The van der Waals surface area contributed by atoms with Gasteiger partial charge in [0.25, 0.3) is 11.8 Å². The number of ether oxygens (including phenoxy) is 1. The van der Waals surface area contributed by atoms with Crippen molar-refractivity contribution >= 4 is 11.8 Å². The van der Waals surface area contributed by atoms with Gasteiger partial charge in [-0.15, -0.1) is 0 Å². The van der Waals surface area contributed by atoms with E-state index in [1.807, 2.05) is 0 Å². The molecule has 0 saturated heterocycles. The van der Waals surface area contributed by atoms with Crippen LogP contribution in [0.5, 0.6) is 5.88 Å². The molecule has 0 unspecified atom stereocenters. The first-order valence-corrected chi connectivity index (χ1v) is 11.5. The number of nitrogens with zero attached hydrogens (tertiary/aromatic N) is 3. The standard InChI is InChI=1S/C25H26F3N5O3/c1-14-21(13-33(2)32-14)15-10-16(12-17(11-15)25(26,27)28)23(35)31-18-5-7-19(8-6-18)36-24-20(22(29)34)4-3-9-30-24/h3-4,9-13,18-19H,5-8H2,1-2H3,(H2,29,34)(H,31,35). The maximum absolute atomic E-state index is 13.6. The highest BCUT2D eigenvalue weighted by Gasteiger charge is 2.33. The molecule has 0 atom stereocenters. The fraction of sp³-hybridized carbons (Fsp3) is 0.360. The number of pyridine rings is 1. The highest BCUT2D eigenvalue weighted by Crippen LogP contribution is 2.34. The van der Waals surface area contributed by atoms with Crippen LogP contribution in [0.4, 0.5) is 13.2 Å². The molecule has 3 N–H and O–H groups in total. The number of primary amides is 1. The summed E-state index contributed by atoms with van der Waals surface area (Å²) in [6.45, 7) is 1.70. The molecule has 1 aliphatic carbocycles. The maximum atomic E-state index is 13.6. The molecule has 1 aliphatic rings. The van der Waals surface area contributed by atoms with Gasteiger partial charge in [0, 0.05) is 36.6 Å². The Morgan fingerprint density at radius 1 is 1.17 bits per heavy atom. The summed E-state index contributed by atoms with van der Waals surface area (Å²) in [5, 5.41) is 7.05. The van der Waals surface area contributed by atoms with Gasteiger partial charge in [-0.2, -0.15) is 18.3 Å². The van der Waals surface area contributed by atoms with E-state index in [0.717, 1.165) is 12.1 Å². The van der Waals surface area contributed by atoms with Crippen LogP contribution in [0, 0.1) is 6.92 Å². The van der Waals surface area contributed by atoms with Gasteiger partial charge in [-0.1, -0.05) is 0 Å². The second-order valence-electron chi connectivity index (χ2n) is 8.88. The second kappa shape index (κ2) is 10.00. The summed E-state index contributed by atoms with van der Waals surface area (Å²) < 4.78 is 48.1. The SMILES string of the molecule is Cc1nn(C)cc1-c1cc(C(=O)NC2CCC(Oc3ncccc3C(N)=O)CC2)cc(C(F)(F)F)c1. The van der Waals surface area contributed by atoms with E-state index in [0.29, 0.717) is 36.9 Å². The smallest absolute Gasteiger partial charge is 0.416 e.